The number of aromatic nitrogens is 2. The maximum Gasteiger partial charge on any atom is 0.269 e. The van der Waals surface area contributed by atoms with E-state index in [1.165, 1.54) is 10.7 Å². The van der Waals surface area contributed by atoms with Crippen molar-refractivity contribution in [1.29, 1.82) is 0 Å². The fourth-order valence-corrected chi connectivity index (χ4v) is 2.13. The highest BCUT2D eigenvalue weighted by atomic mass is 79.9. The Morgan fingerprint density at radius 2 is 2.21 bits per heavy atom. The van der Waals surface area contributed by atoms with E-state index >= 15 is 0 Å². The summed E-state index contributed by atoms with van der Waals surface area (Å²) in [6.07, 6.45) is 1.62. The van der Waals surface area contributed by atoms with Crippen LogP contribution in [0.15, 0.2) is 39.7 Å². The smallest absolute Gasteiger partial charge is 0.269 e. The van der Waals surface area contributed by atoms with Crippen LogP contribution in [-0.2, 0) is 6.54 Å². The lowest BCUT2D eigenvalue weighted by Crippen LogP contribution is -2.23. The minimum atomic E-state index is -0.158. The molecule has 0 amide bonds. The van der Waals surface area contributed by atoms with E-state index in [-0.39, 0.29) is 5.56 Å². The van der Waals surface area contributed by atoms with Crippen molar-refractivity contribution < 1.29 is 4.74 Å². The minimum absolute atomic E-state index is 0.158. The SMILES string of the molecule is CNc1cnn(Cc2cc(Br)ccc2OC)c(=O)c1. The van der Waals surface area contributed by atoms with Gasteiger partial charge in [-0.25, -0.2) is 4.68 Å². The van der Waals surface area contributed by atoms with Crippen LogP contribution in [0.3, 0.4) is 0 Å². The van der Waals surface area contributed by atoms with Crippen LogP contribution < -0.4 is 15.6 Å². The fourth-order valence-electron chi connectivity index (χ4n) is 1.72. The van der Waals surface area contributed by atoms with Gasteiger partial charge in [0, 0.05) is 23.2 Å². The van der Waals surface area contributed by atoms with E-state index in [0.29, 0.717) is 12.2 Å². The molecule has 0 fully saturated rings. The van der Waals surface area contributed by atoms with Crippen LogP contribution in [0.1, 0.15) is 5.56 Å². The van der Waals surface area contributed by atoms with Gasteiger partial charge in [0.1, 0.15) is 5.75 Å². The Bertz CT molecular complexity index is 640. The molecule has 6 heteroatoms. The highest BCUT2D eigenvalue weighted by Crippen LogP contribution is 2.23. The predicted molar refractivity (Wildman–Crippen MR) is 77.8 cm³/mol. The van der Waals surface area contributed by atoms with Gasteiger partial charge in [-0.1, -0.05) is 15.9 Å². The van der Waals surface area contributed by atoms with Gasteiger partial charge < -0.3 is 10.1 Å². The van der Waals surface area contributed by atoms with Crippen LogP contribution in [0.2, 0.25) is 0 Å². The molecule has 1 aromatic carbocycles. The number of hydrogen-bond donors (Lipinski definition) is 1. The average Bonchev–Trinajstić information content (AvgIpc) is 2.41. The molecule has 0 saturated heterocycles. The van der Waals surface area contributed by atoms with Crippen molar-refractivity contribution in [3.63, 3.8) is 0 Å². The first kappa shape index (κ1) is 13.6. The zero-order chi connectivity index (χ0) is 13.8. The lowest BCUT2D eigenvalue weighted by atomic mass is 10.2. The Hall–Kier alpha value is -1.82. The molecule has 0 saturated carbocycles. The first-order chi connectivity index (χ1) is 9.13. The number of ether oxygens (including phenoxy) is 1. The normalized spacial score (nSPS) is 10.3. The van der Waals surface area contributed by atoms with E-state index in [4.69, 9.17) is 4.74 Å². The third kappa shape index (κ3) is 3.14. The van der Waals surface area contributed by atoms with E-state index in [9.17, 15) is 4.79 Å². The Balaban J connectivity index is 2.36. The summed E-state index contributed by atoms with van der Waals surface area (Å²) in [6, 6.07) is 7.17. The van der Waals surface area contributed by atoms with Gasteiger partial charge in [0.15, 0.2) is 0 Å². The Labute approximate surface area is 119 Å². The number of nitrogens with one attached hydrogen (secondary N) is 1. The number of benzene rings is 1. The molecule has 0 spiro atoms. The van der Waals surface area contributed by atoms with Gasteiger partial charge >= 0.3 is 0 Å². The van der Waals surface area contributed by atoms with Crippen molar-refractivity contribution in [2.24, 2.45) is 0 Å². The molecular weight excluding hydrogens is 310 g/mol. The van der Waals surface area contributed by atoms with Crippen molar-refractivity contribution in [1.82, 2.24) is 9.78 Å². The summed E-state index contributed by atoms with van der Waals surface area (Å²) in [5.41, 5.74) is 1.43. The second kappa shape index (κ2) is 5.88. The molecule has 0 atom stereocenters. The molecule has 2 aromatic rings. The Morgan fingerprint density at radius 3 is 2.84 bits per heavy atom. The van der Waals surface area contributed by atoms with Crippen molar-refractivity contribution in [2.45, 2.75) is 6.54 Å². The summed E-state index contributed by atoms with van der Waals surface area (Å²) in [5, 5.41) is 7.00. The molecule has 1 N–H and O–H groups in total. The van der Waals surface area contributed by atoms with Gasteiger partial charge in [-0.05, 0) is 18.2 Å². The monoisotopic (exact) mass is 323 g/mol. The first-order valence-electron chi connectivity index (χ1n) is 5.71. The molecule has 100 valence electrons. The summed E-state index contributed by atoms with van der Waals surface area (Å²) < 4.78 is 7.61. The van der Waals surface area contributed by atoms with E-state index in [1.54, 1.807) is 20.4 Å². The van der Waals surface area contributed by atoms with Crippen molar-refractivity contribution in [2.75, 3.05) is 19.5 Å². The molecule has 0 aliphatic carbocycles. The van der Waals surface area contributed by atoms with Crippen LogP contribution >= 0.6 is 15.9 Å². The fraction of sp³-hybridized carbons (Fsp3) is 0.231. The van der Waals surface area contributed by atoms with Gasteiger partial charge in [-0.15, -0.1) is 0 Å². The van der Waals surface area contributed by atoms with Gasteiger partial charge in [0.05, 0.1) is 25.5 Å². The third-order valence-electron chi connectivity index (χ3n) is 2.72. The molecule has 0 aliphatic heterocycles. The zero-order valence-corrected chi connectivity index (χ0v) is 12.3. The molecule has 1 heterocycles. The number of nitrogens with zero attached hydrogens (tertiary/aromatic N) is 2. The van der Waals surface area contributed by atoms with Crippen LogP contribution in [0.5, 0.6) is 5.75 Å². The number of methoxy groups -OCH3 is 1. The lowest BCUT2D eigenvalue weighted by Gasteiger charge is -2.10. The number of rotatable bonds is 4. The lowest BCUT2D eigenvalue weighted by molar-refractivity contribution is 0.406. The Morgan fingerprint density at radius 1 is 1.42 bits per heavy atom. The molecule has 0 bridgehead atoms. The van der Waals surface area contributed by atoms with E-state index in [0.717, 1.165) is 15.8 Å². The molecular formula is C13H14BrN3O2. The highest BCUT2D eigenvalue weighted by molar-refractivity contribution is 9.10. The summed E-state index contributed by atoms with van der Waals surface area (Å²) >= 11 is 3.41. The molecule has 19 heavy (non-hydrogen) atoms. The largest absolute Gasteiger partial charge is 0.496 e. The maximum atomic E-state index is 11.9. The van der Waals surface area contributed by atoms with Crippen LogP contribution in [-0.4, -0.2) is 23.9 Å². The van der Waals surface area contributed by atoms with Gasteiger partial charge in [-0.3, -0.25) is 4.79 Å². The summed E-state index contributed by atoms with van der Waals surface area (Å²) in [5.74, 6) is 0.731. The summed E-state index contributed by atoms with van der Waals surface area (Å²) in [4.78, 5) is 11.9. The summed E-state index contributed by atoms with van der Waals surface area (Å²) in [7, 11) is 3.35. The first-order valence-corrected chi connectivity index (χ1v) is 6.50. The predicted octanol–water partition coefficient (Wildman–Crippen LogP) is 2.10. The van der Waals surface area contributed by atoms with Crippen molar-refractivity contribution >= 4 is 21.6 Å². The summed E-state index contributed by atoms with van der Waals surface area (Å²) in [6.45, 7) is 0.367. The maximum absolute atomic E-state index is 11.9. The highest BCUT2D eigenvalue weighted by Gasteiger charge is 2.07. The molecule has 0 unspecified atom stereocenters. The molecule has 2 rings (SSSR count). The molecule has 0 radical (unpaired) electrons. The number of hydrogen-bond acceptors (Lipinski definition) is 4. The third-order valence-corrected chi connectivity index (χ3v) is 3.21. The van der Waals surface area contributed by atoms with E-state index < -0.39 is 0 Å². The molecule has 1 aromatic heterocycles. The molecule has 0 aliphatic rings. The van der Waals surface area contributed by atoms with E-state index in [2.05, 4.69) is 26.3 Å². The second-order valence-electron chi connectivity index (χ2n) is 3.95. The topological polar surface area (TPSA) is 56.1 Å². The quantitative estimate of drug-likeness (QED) is 0.936. The zero-order valence-electron chi connectivity index (χ0n) is 10.7. The van der Waals surface area contributed by atoms with Crippen LogP contribution in [0.25, 0.3) is 0 Å². The standard InChI is InChI=1S/C13H14BrN3O2/c1-15-11-6-13(18)17(16-7-11)8-9-5-10(14)3-4-12(9)19-2/h3-7,15H,8H2,1-2H3. The minimum Gasteiger partial charge on any atom is -0.496 e. The van der Waals surface area contributed by atoms with Crippen molar-refractivity contribution in [3.05, 3.63) is 50.9 Å². The second-order valence-corrected chi connectivity index (χ2v) is 4.86. The number of halogens is 1. The van der Waals surface area contributed by atoms with Crippen LogP contribution in [0, 0.1) is 0 Å². The van der Waals surface area contributed by atoms with Crippen LogP contribution in [0.4, 0.5) is 5.69 Å². The van der Waals surface area contributed by atoms with Gasteiger partial charge in [0.2, 0.25) is 0 Å². The molecule has 5 nitrogen and oxygen atoms in total. The Kier molecular flexibility index (Phi) is 4.21. The van der Waals surface area contributed by atoms with Gasteiger partial charge in [-0.2, -0.15) is 5.10 Å². The van der Waals surface area contributed by atoms with Crippen molar-refractivity contribution in [3.8, 4) is 5.75 Å². The van der Waals surface area contributed by atoms with Gasteiger partial charge in [0.25, 0.3) is 5.56 Å². The van der Waals surface area contributed by atoms with E-state index in [1.807, 2.05) is 18.2 Å². The average molecular weight is 324 g/mol. The number of anilines is 1.